The van der Waals surface area contributed by atoms with Gasteiger partial charge in [-0.3, -0.25) is 0 Å². The van der Waals surface area contributed by atoms with E-state index in [1.165, 1.54) is 22.7 Å². The van der Waals surface area contributed by atoms with Crippen molar-refractivity contribution >= 4 is 10.9 Å². The minimum absolute atomic E-state index is 0.172. The predicted octanol–water partition coefficient (Wildman–Crippen LogP) is 4.45. The summed E-state index contributed by atoms with van der Waals surface area (Å²) in [5.74, 6) is -0.172. The third-order valence-corrected chi connectivity index (χ3v) is 3.66. The highest BCUT2D eigenvalue weighted by Gasteiger charge is 2.07. The van der Waals surface area contributed by atoms with Crippen LogP contribution in [-0.2, 0) is 6.54 Å². The average molecular weight is 253 g/mol. The lowest BCUT2D eigenvalue weighted by Crippen LogP contribution is -2.03. The smallest absolute Gasteiger partial charge is 0.123 e. The number of aromatic nitrogens is 1. The minimum atomic E-state index is -0.172. The van der Waals surface area contributed by atoms with Crippen LogP contribution in [0.1, 0.15) is 16.8 Å². The van der Waals surface area contributed by atoms with Crippen LogP contribution >= 0.6 is 0 Å². The monoisotopic (exact) mass is 253 g/mol. The third-order valence-electron chi connectivity index (χ3n) is 3.66. The molecule has 0 unspecified atom stereocenters. The summed E-state index contributed by atoms with van der Waals surface area (Å²) >= 11 is 0. The van der Waals surface area contributed by atoms with Gasteiger partial charge in [0, 0.05) is 17.8 Å². The maximum Gasteiger partial charge on any atom is 0.123 e. The summed E-state index contributed by atoms with van der Waals surface area (Å²) in [5, 5.41) is 1.23. The second-order valence-corrected chi connectivity index (χ2v) is 5.00. The van der Waals surface area contributed by atoms with Crippen LogP contribution in [0, 0.1) is 19.7 Å². The fourth-order valence-electron chi connectivity index (χ4n) is 2.54. The van der Waals surface area contributed by atoms with E-state index in [2.05, 4.69) is 29.7 Å². The molecule has 0 N–H and O–H groups in total. The Bertz CT molecular complexity index is 740. The van der Waals surface area contributed by atoms with Crippen LogP contribution in [0.5, 0.6) is 0 Å². The maximum atomic E-state index is 13.4. The van der Waals surface area contributed by atoms with Crippen molar-refractivity contribution in [2.24, 2.45) is 0 Å². The van der Waals surface area contributed by atoms with Crippen LogP contribution in [0.4, 0.5) is 4.39 Å². The SMILES string of the molecule is Cc1ccc(F)cc1Cn1c(C)cc2ccccc21. The van der Waals surface area contributed by atoms with Crippen LogP contribution in [0.2, 0.25) is 0 Å². The highest BCUT2D eigenvalue weighted by Crippen LogP contribution is 2.22. The third kappa shape index (κ3) is 2.14. The van der Waals surface area contributed by atoms with Crippen LogP contribution in [0.3, 0.4) is 0 Å². The number of aryl methyl sites for hydroxylation is 2. The van der Waals surface area contributed by atoms with Crippen molar-refractivity contribution in [1.82, 2.24) is 4.57 Å². The first kappa shape index (κ1) is 12.0. The average Bonchev–Trinajstić information content (AvgIpc) is 2.71. The Morgan fingerprint density at radius 2 is 1.79 bits per heavy atom. The number of fused-ring (bicyclic) bond motifs is 1. The van der Waals surface area contributed by atoms with E-state index in [1.54, 1.807) is 6.07 Å². The van der Waals surface area contributed by atoms with Crippen molar-refractivity contribution in [3.05, 3.63) is 71.2 Å². The molecule has 3 rings (SSSR count). The molecule has 1 aromatic heterocycles. The lowest BCUT2D eigenvalue weighted by Gasteiger charge is -2.11. The van der Waals surface area contributed by atoms with Crippen LogP contribution in [0.15, 0.2) is 48.5 Å². The van der Waals surface area contributed by atoms with Gasteiger partial charge >= 0.3 is 0 Å². The lowest BCUT2D eigenvalue weighted by atomic mass is 10.1. The van der Waals surface area contributed by atoms with Gasteiger partial charge in [-0.15, -0.1) is 0 Å². The molecule has 19 heavy (non-hydrogen) atoms. The minimum Gasteiger partial charge on any atom is -0.340 e. The Labute approximate surface area is 112 Å². The van der Waals surface area contributed by atoms with E-state index in [4.69, 9.17) is 0 Å². The molecule has 0 aliphatic carbocycles. The van der Waals surface area contributed by atoms with Gasteiger partial charge in [-0.2, -0.15) is 0 Å². The number of hydrogen-bond donors (Lipinski definition) is 0. The van der Waals surface area contributed by atoms with E-state index in [0.29, 0.717) is 6.54 Å². The van der Waals surface area contributed by atoms with Crippen molar-refractivity contribution in [3.63, 3.8) is 0 Å². The molecule has 0 bridgehead atoms. The van der Waals surface area contributed by atoms with Crippen molar-refractivity contribution < 1.29 is 4.39 Å². The summed E-state index contributed by atoms with van der Waals surface area (Å²) in [4.78, 5) is 0. The van der Waals surface area contributed by atoms with Gasteiger partial charge in [0.25, 0.3) is 0 Å². The number of halogens is 1. The summed E-state index contributed by atoms with van der Waals surface area (Å²) in [7, 11) is 0. The standard InChI is InChI=1S/C17H16FN/c1-12-7-8-16(18)10-15(12)11-19-13(2)9-14-5-3-4-6-17(14)19/h3-10H,11H2,1-2H3. The van der Waals surface area contributed by atoms with E-state index in [1.807, 2.05) is 25.1 Å². The Morgan fingerprint density at radius 3 is 2.63 bits per heavy atom. The molecular formula is C17H16FN. The fourth-order valence-corrected chi connectivity index (χ4v) is 2.54. The van der Waals surface area contributed by atoms with Crippen molar-refractivity contribution in [1.29, 1.82) is 0 Å². The molecular weight excluding hydrogens is 237 g/mol. The van der Waals surface area contributed by atoms with Gasteiger partial charge in [0.1, 0.15) is 5.82 Å². The molecule has 1 heterocycles. The maximum absolute atomic E-state index is 13.4. The zero-order valence-corrected chi connectivity index (χ0v) is 11.2. The number of benzene rings is 2. The molecule has 0 aliphatic rings. The second-order valence-electron chi connectivity index (χ2n) is 5.00. The Kier molecular flexibility index (Phi) is 2.86. The molecule has 0 radical (unpaired) electrons. The number of hydrogen-bond acceptors (Lipinski definition) is 0. The fraction of sp³-hybridized carbons (Fsp3) is 0.176. The van der Waals surface area contributed by atoms with Crippen molar-refractivity contribution in [3.8, 4) is 0 Å². The van der Waals surface area contributed by atoms with E-state index >= 15 is 0 Å². The molecule has 0 fully saturated rings. The summed E-state index contributed by atoms with van der Waals surface area (Å²) in [6.45, 7) is 4.83. The zero-order valence-electron chi connectivity index (χ0n) is 11.2. The van der Waals surface area contributed by atoms with Gasteiger partial charge < -0.3 is 4.57 Å². The number of rotatable bonds is 2. The van der Waals surface area contributed by atoms with Crippen molar-refractivity contribution in [2.45, 2.75) is 20.4 Å². The first-order valence-corrected chi connectivity index (χ1v) is 6.45. The quantitative estimate of drug-likeness (QED) is 0.636. The zero-order chi connectivity index (χ0) is 13.4. The van der Waals surface area contributed by atoms with Crippen LogP contribution in [-0.4, -0.2) is 4.57 Å². The molecule has 2 heteroatoms. The predicted molar refractivity (Wildman–Crippen MR) is 76.9 cm³/mol. The summed E-state index contributed by atoms with van der Waals surface area (Å²) in [5.41, 5.74) is 4.55. The summed E-state index contributed by atoms with van der Waals surface area (Å²) < 4.78 is 15.6. The lowest BCUT2D eigenvalue weighted by molar-refractivity contribution is 0.623. The molecule has 2 aromatic carbocycles. The molecule has 0 spiro atoms. The second kappa shape index (κ2) is 4.54. The van der Waals surface area contributed by atoms with E-state index in [0.717, 1.165) is 11.1 Å². The van der Waals surface area contributed by atoms with Gasteiger partial charge in [0.15, 0.2) is 0 Å². The molecule has 0 aliphatic heterocycles. The molecule has 1 nitrogen and oxygen atoms in total. The Balaban J connectivity index is 2.10. The van der Waals surface area contributed by atoms with Gasteiger partial charge in [0.05, 0.1) is 0 Å². The largest absolute Gasteiger partial charge is 0.340 e. The van der Waals surface area contributed by atoms with Crippen LogP contribution in [0.25, 0.3) is 10.9 Å². The van der Waals surface area contributed by atoms with E-state index in [-0.39, 0.29) is 5.82 Å². The summed E-state index contributed by atoms with van der Waals surface area (Å²) in [6, 6.07) is 15.4. The van der Waals surface area contributed by atoms with E-state index in [9.17, 15) is 4.39 Å². The topological polar surface area (TPSA) is 4.93 Å². The van der Waals surface area contributed by atoms with Gasteiger partial charge in [-0.1, -0.05) is 24.3 Å². The molecule has 96 valence electrons. The number of nitrogens with zero attached hydrogens (tertiary/aromatic N) is 1. The van der Waals surface area contributed by atoms with Crippen molar-refractivity contribution in [2.75, 3.05) is 0 Å². The number of para-hydroxylation sites is 1. The highest BCUT2D eigenvalue weighted by atomic mass is 19.1. The first-order valence-electron chi connectivity index (χ1n) is 6.45. The molecule has 0 amide bonds. The molecule has 0 saturated heterocycles. The molecule has 0 atom stereocenters. The molecule has 0 saturated carbocycles. The van der Waals surface area contributed by atoms with E-state index < -0.39 is 0 Å². The highest BCUT2D eigenvalue weighted by molar-refractivity contribution is 5.81. The van der Waals surface area contributed by atoms with Gasteiger partial charge in [0.2, 0.25) is 0 Å². The Morgan fingerprint density at radius 1 is 1.00 bits per heavy atom. The normalized spacial score (nSPS) is 11.1. The Hall–Kier alpha value is -2.09. The summed E-state index contributed by atoms with van der Waals surface area (Å²) in [6.07, 6.45) is 0. The van der Waals surface area contributed by atoms with Gasteiger partial charge in [-0.05, 0) is 54.6 Å². The van der Waals surface area contributed by atoms with Gasteiger partial charge in [-0.25, -0.2) is 4.39 Å². The first-order chi connectivity index (χ1) is 9.15. The van der Waals surface area contributed by atoms with Crippen LogP contribution < -0.4 is 0 Å². The molecule has 3 aromatic rings.